The van der Waals surface area contributed by atoms with Gasteiger partial charge in [-0.3, -0.25) is 9.69 Å². The molecule has 1 fully saturated rings. The van der Waals surface area contributed by atoms with Crippen LogP contribution in [0.15, 0.2) is 12.1 Å². The highest BCUT2D eigenvalue weighted by atomic mass is 16.6. The van der Waals surface area contributed by atoms with Crippen molar-refractivity contribution in [1.29, 1.82) is 0 Å². The van der Waals surface area contributed by atoms with Crippen molar-refractivity contribution in [1.82, 2.24) is 5.32 Å². The van der Waals surface area contributed by atoms with Crippen LogP contribution in [0, 0.1) is 6.92 Å². The number of carboxylic acids is 1. The monoisotopic (exact) mass is 363 g/mol. The van der Waals surface area contributed by atoms with Crippen LogP contribution in [-0.4, -0.2) is 56.0 Å². The lowest BCUT2D eigenvalue weighted by atomic mass is 10.0. The number of nitrogens with zero attached hydrogens (tertiary/aromatic N) is 2. The second-order valence-corrected chi connectivity index (χ2v) is 7.60. The first-order chi connectivity index (χ1) is 12.1. The number of hydrogen-bond donors (Lipinski definition) is 2. The number of aliphatic carboxylic acids is 1. The second kappa shape index (κ2) is 7.95. The minimum Gasteiger partial charge on any atom is -0.481 e. The first-order valence-electron chi connectivity index (χ1n) is 8.86. The zero-order valence-corrected chi connectivity index (χ0v) is 16.3. The molecule has 0 spiro atoms. The Labute approximate surface area is 154 Å². The number of piperazine rings is 1. The van der Waals surface area contributed by atoms with Crippen LogP contribution in [0.5, 0.6) is 0 Å². The lowest BCUT2D eigenvalue weighted by Crippen LogP contribution is -2.44. The predicted molar refractivity (Wildman–Crippen MR) is 102 cm³/mol. The molecule has 0 bridgehead atoms. The molecule has 2 rings (SSSR count). The number of benzene rings is 1. The van der Waals surface area contributed by atoms with E-state index in [9.17, 15) is 14.7 Å². The Morgan fingerprint density at radius 1 is 1.27 bits per heavy atom. The molecule has 1 amide bonds. The van der Waals surface area contributed by atoms with Gasteiger partial charge in [0.2, 0.25) is 0 Å². The Kier molecular flexibility index (Phi) is 6.13. The topological polar surface area (TPSA) is 82.1 Å². The average Bonchev–Trinajstić information content (AvgIpc) is 2.55. The second-order valence-electron chi connectivity index (χ2n) is 7.60. The van der Waals surface area contributed by atoms with Crippen LogP contribution in [0.1, 0.15) is 31.9 Å². The molecule has 0 aromatic heterocycles. The first-order valence-corrected chi connectivity index (χ1v) is 8.86. The van der Waals surface area contributed by atoms with Gasteiger partial charge >= 0.3 is 12.1 Å². The Morgan fingerprint density at radius 2 is 1.88 bits per heavy atom. The molecular formula is C19H29N3O4. The van der Waals surface area contributed by atoms with Crippen LogP contribution >= 0.6 is 0 Å². The van der Waals surface area contributed by atoms with E-state index in [1.165, 1.54) is 4.90 Å². The fourth-order valence-corrected chi connectivity index (χ4v) is 2.95. The molecule has 26 heavy (non-hydrogen) atoms. The van der Waals surface area contributed by atoms with E-state index in [2.05, 4.69) is 10.2 Å². The number of carbonyl (C=O) groups is 2. The van der Waals surface area contributed by atoms with E-state index in [0.29, 0.717) is 11.3 Å². The van der Waals surface area contributed by atoms with E-state index in [0.717, 1.165) is 37.4 Å². The van der Waals surface area contributed by atoms with E-state index in [4.69, 9.17) is 4.74 Å². The fraction of sp³-hybridized carbons (Fsp3) is 0.579. The molecule has 1 aromatic carbocycles. The van der Waals surface area contributed by atoms with Crippen molar-refractivity contribution in [3.63, 3.8) is 0 Å². The minimum absolute atomic E-state index is 0.0824. The number of rotatable bonds is 4. The third kappa shape index (κ3) is 5.11. The maximum absolute atomic E-state index is 12.4. The number of amides is 1. The molecular weight excluding hydrogens is 334 g/mol. The third-order valence-corrected chi connectivity index (χ3v) is 4.33. The van der Waals surface area contributed by atoms with Gasteiger partial charge in [0, 0.05) is 44.6 Å². The summed E-state index contributed by atoms with van der Waals surface area (Å²) < 4.78 is 5.44. The lowest BCUT2D eigenvalue weighted by molar-refractivity contribution is -0.136. The van der Waals surface area contributed by atoms with Crippen molar-refractivity contribution in [2.24, 2.45) is 0 Å². The van der Waals surface area contributed by atoms with E-state index in [1.54, 1.807) is 13.1 Å². The van der Waals surface area contributed by atoms with Gasteiger partial charge in [-0.05, 0) is 51.0 Å². The van der Waals surface area contributed by atoms with Crippen molar-refractivity contribution in [3.05, 3.63) is 23.3 Å². The van der Waals surface area contributed by atoms with E-state index in [1.807, 2.05) is 33.8 Å². The lowest BCUT2D eigenvalue weighted by Gasteiger charge is -2.33. The van der Waals surface area contributed by atoms with Crippen LogP contribution in [0.3, 0.4) is 0 Å². The van der Waals surface area contributed by atoms with Crippen molar-refractivity contribution < 1.29 is 19.4 Å². The molecule has 1 heterocycles. The number of carbonyl (C=O) groups excluding carboxylic acids is 1. The summed E-state index contributed by atoms with van der Waals surface area (Å²) >= 11 is 0. The molecule has 7 heteroatoms. The zero-order chi connectivity index (χ0) is 19.5. The van der Waals surface area contributed by atoms with E-state index in [-0.39, 0.29) is 6.42 Å². The van der Waals surface area contributed by atoms with Crippen LogP contribution in [0.25, 0.3) is 0 Å². The van der Waals surface area contributed by atoms with Gasteiger partial charge in [0.15, 0.2) is 0 Å². The summed E-state index contributed by atoms with van der Waals surface area (Å²) in [6, 6.07) is 3.70. The molecule has 2 N–H and O–H groups in total. The van der Waals surface area contributed by atoms with Gasteiger partial charge in [-0.25, -0.2) is 4.79 Å². The summed E-state index contributed by atoms with van der Waals surface area (Å²) in [5.41, 5.74) is 2.65. The molecule has 0 radical (unpaired) electrons. The molecule has 7 nitrogen and oxygen atoms in total. The number of carboxylic acid groups (broad SMARTS) is 1. The number of anilines is 2. The highest BCUT2D eigenvalue weighted by Gasteiger charge is 2.23. The molecule has 0 atom stereocenters. The Hall–Kier alpha value is -2.28. The Bertz CT molecular complexity index is 676. The number of hydrogen-bond acceptors (Lipinski definition) is 5. The van der Waals surface area contributed by atoms with E-state index >= 15 is 0 Å². The number of nitrogens with one attached hydrogen (secondary N) is 1. The molecule has 1 aliphatic rings. The fourth-order valence-electron chi connectivity index (χ4n) is 2.95. The first kappa shape index (κ1) is 20.0. The SMILES string of the molecule is Cc1c(CC(=O)O)cc(N(C)C(=O)OC(C)(C)C)cc1N1CCNCC1. The summed E-state index contributed by atoms with van der Waals surface area (Å²) in [5.74, 6) is -0.892. The van der Waals surface area contributed by atoms with Gasteiger partial charge in [0.05, 0.1) is 6.42 Å². The summed E-state index contributed by atoms with van der Waals surface area (Å²) in [5, 5.41) is 12.6. The van der Waals surface area contributed by atoms with Crippen molar-refractivity contribution >= 4 is 23.4 Å². The zero-order valence-electron chi connectivity index (χ0n) is 16.3. The minimum atomic E-state index is -0.892. The molecule has 0 saturated carbocycles. The van der Waals surface area contributed by atoms with Gasteiger partial charge in [0.1, 0.15) is 5.60 Å². The van der Waals surface area contributed by atoms with Gasteiger partial charge in [-0.15, -0.1) is 0 Å². The molecule has 1 saturated heterocycles. The summed E-state index contributed by atoms with van der Waals surface area (Å²) in [6.45, 7) is 10.8. The average molecular weight is 363 g/mol. The third-order valence-electron chi connectivity index (χ3n) is 4.33. The van der Waals surface area contributed by atoms with Gasteiger partial charge in [-0.2, -0.15) is 0 Å². The van der Waals surface area contributed by atoms with Crippen LogP contribution in [0.4, 0.5) is 16.2 Å². The highest BCUT2D eigenvalue weighted by Crippen LogP contribution is 2.31. The Balaban J connectivity index is 2.41. The predicted octanol–water partition coefficient (Wildman–Crippen LogP) is 2.40. The van der Waals surface area contributed by atoms with Gasteiger partial charge in [-0.1, -0.05) is 0 Å². The van der Waals surface area contributed by atoms with Crippen molar-refractivity contribution in [2.45, 2.75) is 39.7 Å². The van der Waals surface area contributed by atoms with E-state index < -0.39 is 17.7 Å². The van der Waals surface area contributed by atoms with Gasteiger partial charge in [0.25, 0.3) is 0 Å². The smallest absolute Gasteiger partial charge is 0.414 e. The maximum atomic E-state index is 12.4. The van der Waals surface area contributed by atoms with Crippen molar-refractivity contribution in [3.8, 4) is 0 Å². The molecule has 0 aliphatic carbocycles. The number of ether oxygens (including phenoxy) is 1. The van der Waals surface area contributed by atoms with Gasteiger partial charge < -0.3 is 20.1 Å². The molecule has 144 valence electrons. The van der Waals surface area contributed by atoms with Crippen LogP contribution in [-0.2, 0) is 16.0 Å². The molecule has 1 aromatic rings. The largest absolute Gasteiger partial charge is 0.481 e. The standard InChI is InChI=1S/C19H29N3O4/c1-13-14(11-17(23)24)10-15(21(5)18(25)26-19(2,3)4)12-16(13)22-8-6-20-7-9-22/h10,12,20H,6-9,11H2,1-5H3,(H,23,24). The van der Waals surface area contributed by atoms with Crippen LogP contribution < -0.4 is 15.1 Å². The summed E-state index contributed by atoms with van der Waals surface area (Å²) in [6.07, 6.45) is -0.546. The van der Waals surface area contributed by atoms with Crippen molar-refractivity contribution in [2.75, 3.05) is 43.0 Å². The molecule has 0 unspecified atom stereocenters. The maximum Gasteiger partial charge on any atom is 0.414 e. The highest BCUT2D eigenvalue weighted by molar-refractivity contribution is 5.89. The molecule has 1 aliphatic heterocycles. The van der Waals surface area contributed by atoms with Crippen LogP contribution in [0.2, 0.25) is 0 Å². The quantitative estimate of drug-likeness (QED) is 0.855. The normalized spacial score (nSPS) is 14.9. The summed E-state index contributed by atoms with van der Waals surface area (Å²) in [7, 11) is 1.64. The Morgan fingerprint density at radius 3 is 2.42 bits per heavy atom. The summed E-state index contributed by atoms with van der Waals surface area (Å²) in [4.78, 5) is 27.4.